The summed E-state index contributed by atoms with van der Waals surface area (Å²) in [6.07, 6.45) is -4.81. The Kier molecular flexibility index (Phi) is 8.36. The lowest BCUT2D eigenvalue weighted by Crippen LogP contribution is -2.49. The Labute approximate surface area is 225 Å². The number of hydrogen-bond acceptors (Lipinski definition) is 6. The molecule has 0 radical (unpaired) electrons. The van der Waals surface area contributed by atoms with E-state index in [0.717, 1.165) is 10.1 Å². The number of piperazine rings is 1. The lowest BCUT2D eigenvalue weighted by molar-refractivity contribution is -0.274. The molecule has 0 bridgehead atoms. The van der Waals surface area contributed by atoms with Crippen molar-refractivity contribution in [3.05, 3.63) is 58.6 Å². The van der Waals surface area contributed by atoms with Crippen LogP contribution in [0.2, 0.25) is 0 Å². The van der Waals surface area contributed by atoms with Crippen LogP contribution in [0.3, 0.4) is 0 Å². The number of hydrogen-bond donors (Lipinski definition) is 0. The molecule has 4 rings (SSSR count). The number of carbonyl (C=O) groups is 1. The standard InChI is InChI=1S/C24H25BrF3N3O4S2/c1-17(32)30-12-10-29(11-13-30)14-15-37(33,34)31(23-22(25)20-4-2-3-5-21(20)36-23)16-18-6-8-19(9-7-18)35-24(26,27)28/h2-9H,10-16H2,1H3. The molecule has 37 heavy (non-hydrogen) atoms. The van der Waals surface area contributed by atoms with E-state index in [2.05, 4.69) is 20.7 Å². The van der Waals surface area contributed by atoms with Crippen LogP contribution in [0, 0.1) is 0 Å². The molecule has 2 heterocycles. The second kappa shape index (κ2) is 11.2. The van der Waals surface area contributed by atoms with Crippen molar-refractivity contribution in [2.24, 2.45) is 0 Å². The summed E-state index contributed by atoms with van der Waals surface area (Å²) in [5.74, 6) is -0.527. The van der Waals surface area contributed by atoms with Gasteiger partial charge in [-0.3, -0.25) is 14.0 Å². The molecule has 1 aliphatic rings. The van der Waals surface area contributed by atoms with Gasteiger partial charge in [0, 0.05) is 49.7 Å². The fourth-order valence-corrected chi connectivity index (χ4v) is 7.96. The third-order valence-electron chi connectivity index (χ3n) is 6.05. The van der Waals surface area contributed by atoms with Crippen molar-refractivity contribution in [3.63, 3.8) is 0 Å². The van der Waals surface area contributed by atoms with Crippen LogP contribution in [0.15, 0.2) is 53.0 Å². The zero-order valence-electron chi connectivity index (χ0n) is 19.9. The highest BCUT2D eigenvalue weighted by Crippen LogP contribution is 2.43. The molecule has 0 spiro atoms. The van der Waals surface area contributed by atoms with Crippen molar-refractivity contribution >= 4 is 58.3 Å². The molecular weight excluding hydrogens is 595 g/mol. The average molecular weight is 621 g/mol. The summed E-state index contributed by atoms with van der Waals surface area (Å²) in [7, 11) is -3.83. The minimum absolute atomic E-state index is 0.000268. The van der Waals surface area contributed by atoms with Gasteiger partial charge in [-0.15, -0.1) is 24.5 Å². The second-order valence-corrected chi connectivity index (χ2v) is 12.4. The maximum atomic E-state index is 13.7. The number of thiophene rings is 1. The van der Waals surface area contributed by atoms with Crippen LogP contribution < -0.4 is 9.04 Å². The lowest BCUT2D eigenvalue weighted by Gasteiger charge is -2.34. The Balaban J connectivity index is 1.57. The summed E-state index contributed by atoms with van der Waals surface area (Å²) in [6, 6.07) is 12.7. The van der Waals surface area contributed by atoms with Crippen molar-refractivity contribution in [1.82, 2.24) is 9.80 Å². The number of sulfonamides is 1. The molecular formula is C24H25BrF3N3O4S2. The summed E-state index contributed by atoms with van der Waals surface area (Å²) in [4.78, 5) is 15.3. The van der Waals surface area contributed by atoms with Crippen molar-refractivity contribution < 1.29 is 31.1 Å². The molecule has 0 saturated carbocycles. The van der Waals surface area contributed by atoms with Crippen molar-refractivity contribution in [3.8, 4) is 5.75 Å². The van der Waals surface area contributed by atoms with Gasteiger partial charge in [-0.05, 0) is 39.7 Å². The van der Waals surface area contributed by atoms with E-state index in [1.54, 1.807) is 4.90 Å². The Morgan fingerprint density at radius 1 is 1.08 bits per heavy atom. The quantitative estimate of drug-likeness (QED) is 0.352. The molecule has 1 saturated heterocycles. The summed E-state index contributed by atoms with van der Waals surface area (Å²) >= 11 is 4.88. The first kappa shape index (κ1) is 27.7. The molecule has 1 aliphatic heterocycles. The Bertz CT molecular complexity index is 1360. The molecule has 1 amide bonds. The maximum absolute atomic E-state index is 13.7. The van der Waals surface area contributed by atoms with Crippen molar-refractivity contribution in [2.45, 2.75) is 19.8 Å². The summed E-state index contributed by atoms with van der Waals surface area (Å²) in [6.45, 7) is 4.03. The molecule has 13 heteroatoms. The molecule has 0 atom stereocenters. The summed E-state index contributed by atoms with van der Waals surface area (Å²) < 4.78 is 71.8. The van der Waals surface area contributed by atoms with E-state index in [-0.39, 0.29) is 24.0 Å². The molecule has 2 aromatic carbocycles. The van der Waals surface area contributed by atoms with Gasteiger partial charge in [-0.1, -0.05) is 30.3 Å². The lowest BCUT2D eigenvalue weighted by atomic mass is 10.2. The van der Waals surface area contributed by atoms with E-state index in [0.29, 0.717) is 47.8 Å². The molecule has 0 aliphatic carbocycles. The van der Waals surface area contributed by atoms with Crippen LogP contribution in [0.5, 0.6) is 5.75 Å². The van der Waals surface area contributed by atoms with Crippen LogP contribution in [0.1, 0.15) is 12.5 Å². The van der Waals surface area contributed by atoms with Gasteiger partial charge < -0.3 is 9.64 Å². The van der Waals surface area contributed by atoms with Crippen molar-refractivity contribution in [1.29, 1.82) is 0 Å². The molecule has 1 fully saturated rings. The molecule has 0 N–H and O–H groups in total. The number of benzene rings is 2. The van der Waals surface area contributed by atoms with E-state index in [1.165, 1.54) is 46.8 Å². The second-order valence-electron chi connectivity index (χ2n) is 8.58. The van der Waals surface area contributed by atoms with Gasteiger partial charge in [0.1, 0.15) is 10.8 Å². The third-order valence-corrected chi connectivity index (χ3v) is 10.1. The summed E-state index contributed by atoms with van der Waals surface area (Å²) in [5, 5.41) is 1.37. The van der Waals surface area contributed by atoms with Gasteiger partial charge in [0.2, 0.25) is 15.9 Å². The number of halogens is 4. The maximum Gasteiger partial charge on any atom is 0.573 e. The van der Waals surface area contributed by atoms with E-state index in [1.807, 2.05) is 29.2 Å². The predicted molar refractivity (Wildman–Crippen MR) is 141 cm³/mol. The molecule has 3 aromatic rings. The van der Waals surface area contributed by atoms with Gasteiger partial charge >= 0.3 is 6.36 Å². The number of nitrogens with zero attached hydrogens (tertiary/aromatic N) is 3. The zero-order valence-corrected chi connectivity index (χ0v) is 23.1. The third kappa shape index (κ3) is 6.95. The Hall–Kier alpha value is -2.35. The first-order chi connectivity index (χ1) is 17.4. The Morgan fingerprint density at radius 2 is 1.73 bits per heavy atom. The fourth-order valence-electron chi connectivity index (χ4n) is 4.06. The van der Waals surface area contributed by atoms with Crippen LogP contribution in [-0.4, -0.2) is 69.0 Å². The van der Waals surface area contributed by atoms with Crippen molar-refractivity contribution in [2.75, 3.05) is 42.8 Å². The Morgan fingerprint density at radius 3 is 2.32 bits per heavy atom. The van der Waals surface area contributed by atoms with E-state index in [4.69, 9.17) is 0 Å². The highest BCUT2D eigenvalue weighted by Gasteiger charge is 2.32. The van der Waals surface area contributed by atoms with Crippen LogP contribution >= 0.6 is 27.3 Å². The molecule has 200 valence electrons. The number of carbonyl (C=O) groups excluding carboxylic acids is 1. The van der Waals surface area contributed by atoms with E-state index < -0.39 is 16.4 Å². The molecule has 0 unspecified atom stereocenters. The predicted octanol–water partition coefficient (Wildman–Crippen LogP) is 5.06. The van der Waals surface area contributed by atoms with Crippen LogP contribution in [0.25, 0.3) is 10.1 Å². The number of amides is 1. The van der Waals surface area contributed by atoms with Crippen LogP contribution in [0.4, 0.5) is 18.2 Å². The largest absolute Gasteiger partial charge is 0.573 e. The number of alkyl halides is 3. The monoisotopic (exact) mass is 619 g/mol. The van der Waals surface area contributed by atoms with Gasteiger partial charge in [0.25, 0.3) is 0 Å². The fraction of sp³-hybridized carbons (Fsp3) is 0.375. The SMILES string of the molecule is CC(=O)N1CCN(CCS(=O)(=O)N(Cc2ccc(OC(F)(F)F)cc2)c2sc3ccccc3c2Br)CC1. The van der Waals surface area contributed by atoms with Gasteiger partial charge in [-0.2, -0.15) is 0 Å². The number of anilines is 1. The highest BCUT2D eigenvalue weighted by molar-refractivity contribution is 9.10. The first-order valence-corrected chi connectivity index (χ1v) is 14.6. The van der Waals surface area contributed by atoms with Gasteiger partial charge in [0.05, 0.1) is 16.8 Å². The first-order valence-electron chi connectivity index (χ1n) is 11.4. The summed E-state index contributed by atoms with van der Waals surface area (Å²) in [5.41, 5.74) is 0.512. The normalized spacial score (nSPS) is 15.2. The molecule has 1 aromatic heterocycles. The number of rotatable bonds is 8. The average Bonchev–Trinajstić information content (AvgIpc) is 3.17. The van der Waals surface area contributed by atoms with Gasteiger partial charge in [-0.25, -0.2) is 8.42 Å². The number of ether oxygens (including phenoxy) is 1. The van der Waals surface area contributed by atoms with E-state index >= 15 is 0 Å². The highest BCUT2D eigenvalue weighted by atomic mass is 79.9. The minimum Gasteiger partial charge on any atom is -0.406 e. The van der Waals surface area contributed by atoms with E-state index in [9.17, 15) is 26.4 Å². The van der Waals surface area contributed by atoms with Crippen LogP contribution in [-0.2, 0) is 21.4 Å². The van der Waals surface area contributed by atoms with Gasteiger partial charge in [0.15, 0.2) is 0 Å². The molecule has 7 nitrogen and oxygen atoms in total. The topological polar surface area (TPSA) is 70.2 Å². The smallest absolute Gasteiger partial charge is 0.406 e. The number of fused-ring (bicyclic) bond motifs is 1. The minimum atomic E-state index is -4.81. The zero-order chi connectivity index (χ0) is 26.8.